The highest BCUT2D eigenvalue weighted by molar-refractivity contribution is 5.83. The normalized spacial score (nSPS) is 32.4. The van der Waals surface area contributed by atoms with Crippen molar-refractivity contribution < 1.29 is 24.4 Å². The predicted octanol–water partition coefficient (Wildman–Crippen LogP) is 2.05. The van der Waals surface area contributed by atoms with Gasteiger partial charge in [0.05, 0.1) is 6.10 Å². The number of aliphatic carboxylic acids is 1. The van der Waals surface area contributed by atoms with Crippen LogP contribution in [0.2, 0.25) is 0 Å². The van der Waals surface area contributed by atoms with Crippen LogP contribution in [-0.4, -0.2) is 40.5 Å². The first kappa shape index (κ1) is 16.9. The topological polar surface area (TPSA) is 107 Å². The molecule has 2 aliphatic carbocycles. The minimum Gasteiger partial charge on any atom is -0.480 e. The monoisotopic (exact) mass is 313 g/mol. The Kier molecular flexibility index (Phi) is 5.88. The van der Waals surface area contributed by atoms with Gasteiger partial charge in [-0.15, -0.1) is 0 Å². The SMILES string of the molecule is O=C(O)COC1CCC(C(=O)C2CCC([N+](=O)[O-])CC2)CC1. The van der Waals surface area contributed by atoms with E-state index in [9.17, 15) is 19.7 Å². The summed E-state index contributed by atoms with van der Waals surface area (Å²) in [5.74, 6) is -0.737. The fraction of sp³-hybridized carbons (Fsp3) is 0.867. The standard InChI is InChI=1S/C15H23NO6/c17-14(18)9-22-13-7-3-11(4-8-13)15(19)10-1-5-12(6-2-10)16(20)21/h10-13H,1-9H2,(H,17,18). The number of carboxylic acid groups (broad SMARTS) is 1. The molecule has 1 N–H and O–H groups in total. The Bertz CT molecular complexity index is 422. The van der Waals surface area contributed by atoms with Gasteiger partial charge in [-0.2, -0.15) is 0 Å². The molecular formula is C15H23NO6. The molecule has 124 valence electrons. The van der Waals surface area contributed by atoms with Crippen molar-refractivity contribution in [1.82, 2.24) is 0 Å². The molecular weight excluding hydrogens is 290 g/mol. The second-order valence-corrected chi connectivity index (χ2v) is 6.37. The number of hydrogen-bond donors (Lipinski definition) is 1. The van der Waals surface area contributed by atoms with Crippen molar-refractivity contribution in [2.45, 2.75) is 63.5 Å². The van der Waals surface area contributed by atoms with E-state index in [2.05, 4.69) is 0 Å². The van der Waals surface area contributed by atoms with Crippen LogP contribution < -0.4 is 0 Å². The number of carboxylic acids is 1. The zero-order valence-corrected chi connectivity index (χ0v) is 12.6. The van der Waals surface area contributed by atoms with Gasteiger partial charge in [-0.25, -0.2) is 4.79 Å². The van der Waals surface area contributed by atoms with E-state index in [1.807, 2.05) is 0 Å². The van der Waals surface area contributed by atoms with Gasteiger partial charge in [-0.1, -0.05) is 0 Å². The summed E-state index contributed by atoms with van der Waals surface area (Å²) in [7, 11) is 0. The molecule has 0 amide bonds. The highest BCUT2D eigenvalue weighted by Crippen LogP contribution is 2.34. The second kappa shape index (κ2) is 7.67. The lowest BCUT2D eigenvalue weighted by Gasteiger charge is -2.31. The second-order valence-electron chi connectivity index (χ2n) is 6.37. The smallest absolute Gasteiger partial charge is 0.329 e. The number of nitro groups is 1. The van der Waals surface area contributed by atoms with Crippen molar-refractivity contribution in [3.63, 3.8) is 0 Å². The summed E-state index contributed by atoms with van der Waals surface area (Å²) in [4.78, 5) is 33.5. The van der Waals surface area contributed by atoms with Gasteiger partial charge in [0.15, 0.2) is 0 Å². The lowest BCUT2D eigenvalue weighted by Crippen LogP contribution is -2.34. The fourth-order valence-electron chi connectivity index (χ4n) is 3.61. The number of nitrogens with zero attached hydrogens (tertiary/aromatic N) is 1. The summed E-state index contributed by atoms with van der Waals surface area (Å²) in [6.45, 7) is -0.284. The quantitative estimate of drug-likeness (QED) is 0.594. The highest BCUT2D eigenvalue weighted by Gasteiger charge is 2.36. The average Bonchev–Trinajstić information content (AvgIpc) is 2.53. The van der Waals surface area contributed by atoms with Gasteiger partial charge in [-0.05, 0) is 38.5 Å². The molecule has 2 saturated carbocycles. The van der Waals surface area contributed by atoms with E-state index in [0.29, 0.717) is 38.5 Å². The van der Waals surface area contributed by atoms with Crippen LogP contribution in [0.4, 0.5) is 0 Å². The van der Waals surface area contributed by atoms with Crippen LogP contribution in [0.15, 0.2) is 0 Å². The van der Waals surface area contributed by atoms with Crippen molar-refractivity contribution in [2.75, 3.05) is 6.61 Å². The number of ketones is 1. The molecule has 7 nitrogen and oxygen atoms in total. The van der Waals surface area contributed by atoms with Crippen LogP contribution in [0, 0.1) is 22.0 Å². The van der Waals surface area contributed by atoms with E-state index in [4.69, 9.17) is 9.84 Å². The van der Waals surface area contributed by atoms with Gasteiger partial charge in [0.25, 0.3) is 0 Å². The number of carbonyl (C=O) groups excluding carboxylic acids is 1. The van der Waals surface area contributed by atoms with Crippen LogP contribution in [0.1, 0.15) is 51.4 Å². The maximum Gasteiger partial charge on any atom is 0.329 e. The number of rotatable bonds is 6. The van der Waals surface area contributed by atoms with Gasteiger partial charge >= 0.3 is 5.97 Å². The number of carbonyl (C=O) groups is 2. The molecule has 0 unspecified atom stereocenters. The third kappa shape index (κ3) is 4.50. The minimum atomic E-state index is -0.972. The van der Waals surface area contributed by atoms with Gasteiger partial charge in [-0.3, -0.25) is 14.9 Å². The van der Waals surface area contributed by atoms with Crippen molar-refractivity contribution in [3.05, 3.63) is 10.1 Å². The Morgan fingerprint density at radius 3 is 1.95 bits per heavy atom. The fourth-order valence-corrected chi connectivity index (χ4v) is 3.61. The molecule has 0 aliphatic heterocycles. The molecule has 2 fully saturated rings. The molecule has 0 spiro atoms. The molecule has 7 heteroatoms. The van der Waals surface area contributed by atoms with E-state index in [0.717, 1.165) is 12.8 Å². The van der Waals surface area contributed by atoms with Gasteiger partial charge in [0.1, 0.15) is 12.4 Å². The number of ether oxygens (including phenoxy) is 1. The van der Waals surface area contributed by atoms with Gasteiger partial charge in [0, 0.05) is 29.6 Å². The number of Topliss-reactive ketones (excluding diaryl/α,β-unsaturated/α-hetero) is 1. The van der Waals surface area contributed by atoms with Crippen LogP contribution in [0.3, 0.4) is 0 Å². The van der Waals surface area contributed by atoms with E-state index < -0.39 is 12.0 Å². The summed E-state index contributed by atoms with van der Waals surface area (Å²) >= 11 is 0. The lowest BCUT2D eigenvalue weighted by atomic mass is 9.75. The largest absolute Gasteiger partial charge is 0.480 e. The molecule has 0 aromatic rings. The van der Waals surface area contributed by atoms with Crippen molar-refractivity contribution in [2.24, 2.45) is 11.8 Å². The van der Waals surface area contributed by atoms with Crippen molar-refractivity contribution >= 4 is 11.8 Å². The molecule has 0 radical (unpaired) electrons. The first-order chi connectivity index (χ1) is 10.5. The van der Waals surface area contributed by atoms with Crippen molar-refractivity contribution in [3.8, 4) is 0 Å². The maximum atomic E-state index is 12.5. The van der Waals surface area contributed by atoms with E-state index in [1.54, 1.807) is 0 Å². The highest BCUT2D eigenvalue weighted by atomic mass is 16.6. The molecule has 22 heavy (non-hydrogen) atoms. The first-order valence-corrected chi connectivity index (χ1v) is 7.98. The van der Waals surface area contributed by atoms with Crippen LogP contribution >= 0.6 is 0 Å². The summed E-state index contributed by atoms with van der Waals surface area (Å²) < 4.78 is 5.27. The summed E-state index contributed by atoms with van der Waals surface area (Å²) in [6, 6.07) is -0.482. The Labute approximate surface area is 129 Å². The number of hydrogen-bond acceptors (Lipinski definition) is 5. The molecule has 0 heterocycles. The molecule has 0 aromatic heterocycles. The Morgan fingerprint density at radius 1 is 1.00 bits per heavy atom. The summed E-state index contributed by atoms with van der Waals surface area (Å²) in [5, 5.41) is 19.3. The molecule has 0 aromatic carbocycles. The summed E-state index contributed by atoms with van der Waals surface area (Å²) in [5.41, 5.74) is 0. The third-order valence-electron chi connectivity index (χ3n) is 4.92. The zero-order valence-electron chi connectivity index (χ0n) is 12.6. The van der Waals surface area contributed by atoms with Crippen molar-refractivity contribution in [1.29, 1.82) is 0 Å². The Balaban J connectivity index is 1.73. The van der Waals surface area contributed by atoms with E-state index in [1.165, 1.54) is 0 Å². The van der Waals surface area contributed by atoms with E-state index >= 15 is 0 Å². The Hall–Kier alpha value is -1.50. The molecule has 0 saturated heterocycles. The first-order valence-electron chi connectivity index (χ1n) is 7.98. The average molecular weight is 313 g/mol. The molecule has 0 atom stereocenters. The molecule has 2 aliphatic rings. The zero-order chi connectivity index (χ0) is 16.1. The Morgan fingerprint density at radius 2 is 1.50 bits per heavy atom. The predicted molar refractivity (Wildman–Crippen MR) is 77.1 cm³/mol. The summed E-state index contributed by atoms with van der Waals surface area (Å²) in [6.07, 6.45) is 5.09. The van der Waals surface area contributed by atoms with Crippen LogP contribution in [0.25, 0.3) is 0 Å². The maximum absolute atomic E-state index is 12.5. The van der Waals surface area contributed by atoms with Gasteiger partial charge < -0.3 is 9.84 Å². The van der Waals surface area contributed by atoms with E-state index in [-0.39, 0.29) is 35.3 Å². The van der Waals surface area contributed by atoms with Gasteiger partial charge in [0.2, 0.25) is 6.04 Å². The molecule has 0 bridgehead atoms. The lowest BCUT2D eigenvalue weighted by molar-refractivity contribution is -0.526. The van der Waals surface area contributed by atoms with Crippen LogP contribution in [0.5, 0.6) is 0 Å². The molecule has 2 rings (SSSR count). The minimum absolute atomic E-state index is 0.0156. The third-order valence-corrected chi connectivity index (χ3v) is 4.92. The van der Waals surface area contributed by atoms with Crippen LogP contribution in [-0.2, 0) is 14.3 Å².